The van der Waals surface area contributed by atoms with Crippen LogP contribution >= 0.6 is 0 Å². The number of fused-ring (bicyclic) bond motifs is 1. The summed E-state index contributed by atoms with van der Waals surface area (Å²) >= 11 is 0. The summed E-state index contributed by atoms with van der Waals surface area (Å²) in [6, 6.07) is 0. The molecule has 0 aromatic heterocycles. The molecule has 2 aliphatic heterocycles. The van der Waals surface area contributed by atoms with E-state index in [-0.39, 0.29) is 37.6 Å². The third-order valence-corrected chi connectivity index (χ3v) is 2.61. The fourth-order valence-corrected chi connectivity index (χ4v) is 2.07. The molecule has 2 saturated heterocycles. The van der Waals surface area contributed by atoms with Crippen molar-refractivity contribution in [3.63, 3.8) is 0 Å². The van der Waals surface area contributed by atoms with Crippen LogP contribution in [-0.2, 0) is 14.2 Å². The molecule has 5 heteroatoms. The summed E-state index contributed by atoms with van der Waals surface area (Å²) in [4.78, 5) is 0. The summed E-state index contributed by atoms with van der Waals surface area (Å²) in [6.07, 6.45) is -1.32. The van der Waals surface area contributed by atoms with Crippen LogP contribution in [0.2, 0.25) is 0 Å². The van der Waals surface area contributed by atoms with Crippen molar-refractivity contribution < 1.29 is 24.4 Å². The SMILES string of the molecule is CC1(C)O[C@@H]2[C@H](O1)[C@@H](CO)O[C@H]2CO. The zero-order chi connectivity index (χ0) is 10.3. The lowest BCUT2D eigenvalue weighted by molar-refractivity contribution is -0.193. The van der Waals surface area contributed by atoms with E-state index in [1.807, 2.05) is 13.8 Å². The highest BCUT2D eigenvalue weighted by Crippen LogP contribution is 2.38. The third-order valence-electron chi connectivity index (χ3n) is 2.61. The van der Waals surface area contributed by atoms with Crippen molar-refractivity contribution in [2.45, 2.75) is 44.1 Å². The molecule has 82 valence electrons. The minimum absolute atomic E-state index is 0.114. The van der Waals surface area contributed by atoms with E-state index >= 15 is 0 Å². The molecule has 2 aliphatic rings. The summed E-state index contributed by atoms with van der Waals surface area (Å²) in [5, 5.41) is 18.1. The maximum Gasteiger partial charge on any atom is 0.164 e. The van der Waals surface area contributed by atoms with Gasteiger partial charge in [-0.2, -0.15) is 0 Å². The van der Waals surface area contributed by atoms with Gasteiger partial charge in [0.15, 0.2) is 5.79 Å². The molecule has 0 amide bonds. The van der Waals surface area contributed by atoms with Crippen molar-refractivity contribution in [2.75, 3.05) is 13.2 Å². The smallest absolute Gasteiger partial charge is 0.164 e. The van der Waals surface area contributed by atoms with E-state index in [0.717, 1.165) is 0 Å². The number of ether oxygens (including phenoxy) is 3. The third kappa shape index (κ3) is 1.55. The second-order valence-electron chi connectivity index (χ2n) is 4.14. The molecular formula is C9H16O5. The summed E-state index contributed by atoms with van der Waals surface area (Å²) in [6.45, 7) is 3.40. The summed E-state index contributed by atoms with van der Waals surface area (Å²) < 4.78 is 16.5. The molecule has 4 atom stereocenters. The van der Waals surface area contributed by atoms with Crippen LogP contribution in [0.3, 0.4) is 0 Å². The minimum atomic E-state index is -0.653. The maximum atomic E-state index is 9.05. The molecule has 0 bridgehead atoms. The fraction of sp³-hybridized carbons (Fsp3) is 1.00. The lowest BCUT2D eigenvalue weighted by atomic mass is 10.1. The first-order valence-electron chi connectivity index (χ1n) is 4.80. The van der Waals surface area contributed by atoms with Crippen molar-refractivity contribution in [1.82, 2.24) is 0 Å². The minimum Gasteiger partial charge on any atom is -0.394 e. The molecule has 0 spiro atoms. The van der Waals surface area contributed by atoms with E-state index in [0.29, 0.717) is 0 Å². The molecule has 0 unspecified atom stereocenters. The van der Waals surface area contributed by atoms with Gasteiger partial charge >= 0.3 is 0 Å². The van der Waals surface area contributed by atoms with Crippen molar-refractivity contribution >= 4 is 0 Å². The standard InChI is InChI=1S/C9H16O5/c1-9(2)13-7-5(3-10)12-6(4-11)8(7)14-9/h5-8,10-11H,3-4H2,1-2H3/t5-,6+,7-,8+. The Morgan fingerprint density at radius 2 is 1.43 bits per heavy atom. The highest BCUT2D eigenvalue weighted by atomic mass is 16.8. The molecule has 2 heterocycles. The molecule has 2 rings (SSSR count). The molecule has 2 fully saturated rings. The Labute approximate surface area is 82.6 Å². The Kier molecular flexibility index (Phi) is 2.53. The van der Waals surface area contributed by atoms with Gasteiger partial charge in [-0.3, -0.25) is 0 Å². The largest absolute Gasteiger partial charge is 0.394 e. The topological polar surface area (TPSA) is 68.2 Å². The monoisotopic (exact) mass is 204 g/mol. The van der Waals surface area contributed by atoms with Gasteiger partial charge in [-0.1, -0.05) is 0 Å². The van der Waals surface area contributed by atoms with E-state index in [1.54, 1.807) is 0 Å². The number of hydrogen-bond donors (Lipinski definition) is 2. The van der Waals surface area contributed by atoms with Gasteiger partial charge in [0.1, 0.15) is 24.4 Å². The first-order valence-corrected chi connectivity index (χ1v) is 4.80. The molecule has 0 aromatic rings. The predicted molar refractivity (Wildman–Crippen MR) is 46.7 cm³/mol. The van der Waals surface area contributed by atoms with Gasteiger partial charge in [-0.25, -0.2) is 0 Å². The van der Waals surface area contributed by atoms with Crippen molar-refractivity contribution in [3.05, 3.63) is 0 Å². The predicted octanol–water partition coefficient (Wildman–Crippen LogP) is -0.742. The van der Waals surface area contributed by atoms with Gasteiger partial charge < -0.3 is 24.4 Å². The Hall–Kier alpha value is -0.200. The molecule has 2 N–H and O–H groups in total. The number of aliphatic hydroxyl groups is 2. The van der Waals surface area contributed by atoms with Gasteiger partial charge in [0, 0.05) is 0 Å². The van der Waals surface area contributed by atoms with Gasteiger partial charge in [-0.15, -0.1) is 0 Å². The summed E-state index contributed by atoms with van der Waals surface area (Å²) in [5.74, 6) is -0.653. The molecular weight excluding hydrogens is 188 g/mol. The quantitative estimate of drug-likeness (QED) is 0.620. The second-order valence-corrected chi connectivity index (χ2v) is 4.14. The normalized spacial score (nSPS) is 45.4. The van der Waals surface area contributed by atoms with Crippen LogP contribution in [0.4, 0.5) is 0 Å². The molecule has 14 heavy (non-hydrogen) atoms. The van der Waals surface area contributed by atoms with Crippen molar-refractivity contribution in [3.8, 4) is 0 Å². The van der Waals surface area contributed by atoms with E-state index in [2.05, 4.69) is 0 Å². The summed E-state index contributed by atoms with van der Waals surface area (Å²) in [5.41, 5.74) is 0. The average molecular weight is 204 g/mol. The highest BCUT2D eigenvalue weighted by molar-refractivity contribution is 4.97. The average Bonchev–Trinajstić information content (AvgIpc) is 2.57. The zero-order valence-electron chi connectivity index (χ0n) is 8.34. The zero-order valence-corrected chi connectivity index (χ0v) is 8.34. The maximum absolute atomic E-state index is 9.05. The van der Waals surface area contributed by atoms with Crippen LogP contribution in [0.1, 0.15) is 13.8 Å². The Balaban J connectivity index is 2.12. The summed E-state index contributed by atoms with van der Waals surface area (Å²) in [7, 11) is 0. The second kappa shape index (κ2) is 3.43. The molecule has 0 radical (unpaired) electrons. The van der Waals surface area contributed by atoms with E-state index in [4.69, 9.17) is 24.4 Å². The van der Waals surface area contributed by atoms with Crippen molar-refractivity contribution in [1.29, 1.82) is 0 Å². The molecule has 5 nitrogen and oxygen atoms in total. The fourth-order valence-electron chi connectivity index (χ4n) is 2.07. The Bertz CT molecular complexity index is 197. The van der Waals surface area contributed by atoms with Gasteiger partial charge in [-0.05, 0) is 13.8 Å². The van der Waals surface area contributed by atoms with E-state index in [9.17, 15) is 0 Å². The lowest BCUT2D eigenvalue weighted by Gasteiger charge is -2.22. The first kappa shape index (κ1) is 10.3. The van der Waals surface area contributed by atoms with Crippen LogP contribution in [0.25, 0.3) is 0 Å². The van der Waals surface area contributed by atoms with Gasteiger partial charge in [0.05, 0.1) is 13.2 Å². The van der Waals surface area contributed by atoms with Gasteiger partial charge in [0.25, 0.3) is 0 Å². The number of aliphatic hydroxyl groups excluding tert-OH is 2. The Morgan fingerprint density at radius 1 is 1.00 bits per heavy atom. The van der Waals surface area contributed by atoms with Crippen LogP contribution in [-0.4, -0.2) is 53.6 Å². The van der Waals surface area contributed by atoms with Gasteiger partial charge in [0.2, 0.25) is 0 Å². The number of hydrogen-bond acceptors (Lipinski definition) is 5. The van der Waals surface area contributed by atoms with Crippen molar-refractivity contribution in [2.24, 2.45) is 0 Å². The lowest BCUT2D eigenvalue weighted by Crippen LogP contribution is -2.32. The molecule has 0 aliphatic carbocycles. The molecule has 0 aromatic carbocycles. The van der Waals surface area contributed by atoms with Crippen LogP contribution in [0, 0.1) is 0 Å². The molecule has 0 saturated carbocycles. The Morgan fingerprint density at radius 3 is 1.79 bits per heavy atom. The van der Waals surface area contributed by atoms with Crippen LogP contribution in [0.15, 0.2) is 0 Å². The number of rotatable bonds is 2. The van der Waals surface area contributed by atoms with Crippen LogP contribution in [0.5, 0.6) is 0 Å². The van der Waals surface area contributed by atoms with E-state index in [1.165, 1.54) is 0 Å². The van der Waals surface area contributed by atoms with Crippen LogP contribution < -0.4 is 0 Å². The highest BCUT2D eigenvalue weighted by Gasteiger charge is 2.54. The van der Waals surface area contributed by atoms with E-state index < -0.39 is 5.79 Å². The first-order chi connectivity index (χ1) is 6.57.